The van der Waals surface area contributed by atoms with Gasteiger partial charge < -0.3 is 10.4 Å². The number of carbonyl (C=O) groups is 1. The minimum absolute atomic E-state index is 0.0206. The van der Waals surface area contributed by atoms with Crippen molar-refractivity contribution in [3.05, 3.63) is 59.8 Å². The predicted molar refractivity (Wildman–Crippen MR) is 145 cm³/mol. The molecule has 3 aliphatic rings. The quantitative estimate of drug-likeness (QED) is 0.298. The molecule has 7 nitrogen and oxygen atoms in total. The summed E-state index contributed by atoms with van der Waals surface area (Å²) >= 11 is 0. The third-order valence-electron chi connectivity index (χ3n) is 7.49. The number of nitrogens with zero attached hydrogens (tertiary/aromatic N) is 2. The molecule has 198 valence electrons. The molecule has 1 aromatic carbocycles. The second-order valence-corrected chi connectivity index (χ2v) is 12.7. The number of nitrogens with one attached hydrogen (secondary N) is 1. The normalized spacial score (nSPS) is 19.1. The van der Waals surface area contributed by atoms with Gasteiger partial charge in [0.25, 0.3) is 5.91 Å². The molecule has 0 bridgehead atoms. The molecule has 2 N–H and O–H groups in total. The topological polar surface area (TPSA) is 101 Å². The van der Waals surface area contributed by atoms with Crippen LogP contribution in [-0.4, -0.2) is 41.6 Å². The fraction of sp³-hybridized carbons (Fsp3) is 0.517. The zero-order valence-electron chi connectivity index (χ0n) is 21.3. The van der Waals surface area contributed by atoms with Crippen molar-refractivity contribution in [2.24, 2.45) is 11.8 Å². The van der Waals surface area contributed by atoms with Gasteiger partial charge in [0.05, 0.1) is 10.6 Å². The van der Waals surface area contributed by atoms with Crippen LogP contribution in [0.5, 0.6) is 0 Å². The fourth-order valence-electron chi connectivity index (χ4n) is 5.10. The van der Waals surface area contributed by atoms with Crippen molar-refractivity contribution in [2.45, 2.75) is 75.1 Å². The van der Waals surface area contributed by atoms with Crippen molar-refractivity contribution in [3.63, 3.8) is 0 Å². The van der Waals surface area contributed by atoms with Crippen molar-refractivity contribution < 1.29 is 18.3 Å². The maximum Gasteiger partial charge on any atom is 0.257 e. The molecule has 0 radical (unpaired) electrons. The van der Waals surface area contributed by atoms with Crippen LogP contribution >= 0.6 is 0 Å². The number of aliphatic hydroxyl groups is 1. The van der Waals surface area contributed by atoms with Crippen LogP contribution in [0.4, 0.5) is 5.82 Å². The second kappa shape index (κ2) is 11.4. The number of allylic oxidation sites excluding steroid dienone is 2. The van der Waals surface area contributed by atoms with Crippen LogP contribution < -0.4 is 5.32 Å². The molecule has 3 fully saturated rings. The molecule has 0 unspecified atom stereocenters. The summed E-state index contributed by atoms with van der Waals surface area (Å²) in [6.07, 6.45) is 17.0. The standard InChI is InChI=1S/C29H37N3O4S/c33-17-4-15-32-16-14-28(31-32)30-29(34)26(19-22-5-1-2-6-22)24-12-13-27(25(20-24)23-10-11-23)37(35,36)18-3-7-21-8-9-21/h3,7,12-14,16,19-23,33H,1-2,4-6,8-11,15,17-18H2,(H,30,31,34)/b7-3?,26-19+. The van der Waals surface area contributed by atoms with Gasteiger partial charge in [-0.2, -0.15) is 5.10 Å². The molecule has 5 rings (SSSR count). The van der Waals surface area contributed by atoms with E-state index in [9.17, 15) is 13.2 Å². The van der Waals surface area contributed by atoms with E-state index < -0.39 is 9.84 Å². The first kappa shape index (κ1) is 25.9. The lowest BCUT2D eigenvalue weighted by molar-refractivity contribution is -0.111. The molecule has 0 aliphatic heterocycles. The monoisotopic (exact) mass is 523 g/mol. The van der Waals surface area contributed by atoms with Gasteiger partial charge in [-0.05, 0) is 86.0 Å². The number of aryl methyl sites for hydroxylation is 1. The number of hydrogen-bond donors (Lipinski definition) is 2. The summed E-state index contributed by atoms with van der Waals surface area (Å²) in [6.45, 7) is 0.662. The minimum Gasteiger partial charge on any atom is -0.396 e. The van der Waals surface area contributed by atoms with Gasteiger partial charge in [0.2, 0.25) is 0 Å². The molecular formula is C29H37N3O4S. The van der Waals surface area contributed by atoms with Gasteiger partial charge in [0, 0.05) is 31.0 Å². The molecule has 1 heterocycles. The number of rotatable bonds is 12. The third kappa shape index (κ3) is 6.79. The van der Waals surface area contributed by atoms with Crippen LogP contribution in [0, 0.1) is 11.8 Å². The Hall–Kier alpha value is -2.71. The lowest BCUT2D eigenvalue weighted by Gasteiger charge is -2.15. The number of aromatic nitrogens is 2. The van der Waals surface area contributed by atoms with E-state index in [0.717, 1.165) is 62.5 Å². The summed E-state index contributed by atoms with van der Waals surface area (Å²) in [4.78, 5) is 13.9. The van der Waals surface area contributed by atoms with Crippen LogP contribution in [0.2, 0.25) is 0 Å². The largest absolute Gasteiger partial charge is 0.396 e. The summed E-state index contributed by atoms with van der Waals surface area (Å²) in [6, 6.07) is 7.20. The Labute approximate surface area is 219 Å². The lowest BCUT2D eigenvalue weighted by Crippen LogP contribution is -2.16. The minimum atomic E-state index is -3.44. The van der Waals surface area contributed by atoms with E-state index in [1.807, 2.05) is 12.1 Å². The maximum atomic E-state index is 13.5. The third-order valence-corrected chi connectivity index (χ3v) is 9.17. The zero-order valence-corrected chi connectivity index (χ0v) is 22.1. The van der Waals surface area contributed by atoms with Gasteiger partial charge in [-0.25, -0.2) is 8.42 Å². The van der Waals surface area contributed by atoms with E-state index in [1.165, 1.54) is 0 Å². The van der Waals surface area contributed by atoms with Gasteiger partial charge in [0.15, 0.2) is 15.7 Å². The number of sulfone groups is 1. The number of anilines is 1. The lowest BCUT2D eigenvalue weighted by atomic mass is 9.96. The summed E-state index contributed by atoms with van der Waals surface area (Å²) in [5, 5.41) is 16.4. The molecule has 1 aromatic heterocycles. The fourth-order valence-corrected chi connectivity index (χ4v) is 6.50. The average Bonchev–Trinajstić information content (AvgIpc) is 3.80. The van der Waals surface area contributed by atoms with Crippen LogP contribution in [0.1, 0.15) is 74.8 Å². The second-order valence-electron chi connectivity index (χ2n) is 10.7. The molecule has 1 amide bonds. The first-order chi connectivity index (χ1) is 17.9. The number of hydrogen-bond acceptors (Lipinski definition) is 5. The van der Waals surface area contributed by atoms with Crippen molar-refractivity contribution in [3.8, 4) is 0 Å². The van der Waals surface area contributed by atoms with Gasteiger partial charge >= 0.3 is 0 Å². The van der Waals surface area contributed by atoms with Crippen LogP contribution in [0.25, 0.3) is 5.57 Å². The SMILES string of the molecule is O=C(Nc1ccn(CCCO)n1)/C(=C/C1CCCC1)c1ccc(S(=O)(=O)CC=CC2CC2)c(C2CC2)c1. The van der Waals surface area contributed by atoms with E-state index in [-0.39, 0.29) is 24.2 Å². The van der Waals surface area contributed by atoms with Crippen molar-refractivity contribution in [1.82, 2.24) is 9.78 Å². The highest BCUT2D eigenvalue weighted by molar-refractivity contribution is 7.91. The molecule has 2 aromatic rings. The molecule has 37 heavy (non-hydrogen) atoms. The summed E-state index contributed by atoms with van der Waals surface area (Å²) in [5.74, 6) is 1.36. The smallest absolute Gasteiger partial charge is 0.257 e. The number of carbonyl (C=O) groups excluding carboxylic acids is 1. The van der Waals surface area contributed by atoms with E-state index in [2.05, 4.69) is 16.5 Å². The summed E-state index contributed by atoms with van der Waals surface area (Å²) < 4.78 is 28.2. The Bertz CT molecular complexity index is 1280. The molecule has 3 saturated carbocycles. The first-order valence-corrected chi connectivity index (χ1v) is 15.3. The Morgan fingerprint density at radius 2 is 1.86 bits per heavy atom. The van der Waals surface area contributed by atoms with Crippen LogP contribution in [0.3, 0.4) is 0 Å². The predicted octanol–water partition coefficient (Wildman–Crippen LogP) is 5.10. The van der Waals surface area contributed by atoms with E-state index in [0.29, 0.717) is 41.1 Å². The molecule has 8 heteroatoms. The van der Waals surface area contributed by atoms with Crippen molar-refractivity contribution >= 4 is 27.1 Å². The number of amides is 1. The molecule has 0 saturated heterocycles. The first-order valence-electron chi connectivity index (χ1n) is 13.6. The molecule has 0 atom stereocenters. The van der Waals surface area contributed by atoms with E-state index >= 15 is 0 Å². The number of benzene rings is 1. The summed E-state index contributed by atoms with van der Waals surface area (Å²) in [7, 11) is -3.44. The van der Waals surface area contributed by atoms with Gasteiger partial charge in [0.1, 0.15) is 0 Å². The van der Waals surface area contributed by atoms with Crippen molar-refractivity contribution in [2.75, 3.05) is 17.7 Å². The summed E-state index contributed by atoms with van der Waals surface area (Å²) in [5.41, 5.74) is 2.19. The number of aliphatic hydroxyl groups excluding tert-OH is 1. The van der Waals surface area contributed by atoms with Gasteiger partial charge in [-0.3, -0.25) is 9.48 Å². The highest BCUT2D eigenvalue weighted by Crippen LogP contribution is 2.44. The van der Waals surface area contributed by atoms with E-state index in [1.54, 1.807) is 35.2 Å². The Morgan fingerprint density at radius 1 is 1.08 bits per heavy atom. The highest BCUT2D eigenvalue weighted by Gasteiger charge is 2.31. The molecular weight excluding hydrogens is 486 g/mol. The highest BCUT2D eigenvalue weighted by atomic mass is 32.2. The van der Waals surface area contributed by atoms with Crippen molar-refractivity contribution in [1.29, 1.82) is 0 Å². The van der Waals surface area contributed by atoms with Crippen LogP contribution in [0.15, 0.2) is 53.6 Å². The van der Waals surface area contributed by atoms with E-state index in [4.69, 9.17) is 5.11 Å². The van der Waals surface area contributed by atoms with Gasteiger partial charge in [-0.15, -0.1) is 0 Å². The average molecular weight is 524 g/mol. The maximum absolute atomic E-state index is 13.5. The Morgan fingerprint density at radius 3 is 2.57 bits per heavy atom. The van der Waals surface area contributed by atoms with Crippen LogP contribution in [-0.2, 0) is 21.2 Å². The van der Waals surface area contributed by atoms with Gasteiger partial charge in [-0.1, -0.05) is 37.1 Å². The molecule has 3 aliphatic carbocycles. The zero-order chi connectivity index (χ0) is 25.8. The Kier molecular flexibility index (Phi) is 7.95. The molecule has 0 spiro atoms. The Balaban J connectivity index is 1.42.